The second-order valence-corrected chi connectivity index (χ2v) is 7.55. The number of aromatic nitrogens is 2. The smallest absolute Gasteiger partial charge is 0.407 e. The Morgan fingerprint density at radius 1 is 1.23 bits per heavy atom. The summed E-state index contributed by atoms with van der Waals surface area (Å²) < 4.78 is 15.1. The summed E-state index contributed by atoms with van der Waals surface area (Å²) in [6.07, 6.45) is -1.03. The molecule has 4 N–H and O–H groups in total. The Morgan fingerprint density at radius 3 is 2.60 bits per heavy atom. The maximum Gasteiger partial charge on any atom is 0.407 e. The minimum absolute atomic E-state index is 0.0986. The van der Waals surface area contributed by atoms with Gasteiger partial charge in [0.25, 0.3) is 5.91 Å². The average molecular weight is 437 g/mol. The maximum atomic E-state index is 13.5. The van der Waals surface area contributed by atoms with Crippen LogP contribution in [0.4, 0.5) is 14.0 Å². The largest absolute Gasteiger partial charge is 0.465 e. The summed E-state index contributed by atoms with van der Waals surface area (Å²) in [5.74, 6) is -1.31. The normalized spacial score (nSPS) is 16.1. The number of benzene rings is 1. The summed E-state index contributed by atoms with van der Waals surface area (Å²) in [4.78, 5) is 38.3. The number of carbonyl (C=O) groups excluding carboxylic acids is 2. The number of urea groups is 1. The molecule has 12 heteroatoms. The molecule has 0 aliphatic carbocycles. The summed E-state index contributed by atoms with van der Waals surface area (Å²) >= 11 is 5.86. The van der Waals surface area contributed by atoms with Gasteiger partial charge in [-0.15, -0.1) is 0 Å². The molecule has 10 nitrogen and oxygen atoms in total. The topological polar surface area (TPSA) is 134 Å². The molecule has 1 aromatic heterocycles. The number of hydrogen-bond donors (Lipinski definition) is 3. The lowest BCUT2D eigenvalue weighted by atomic mass is 10.0. The van der Waals surface area contributed by atoms with Gasteiger partial charge >= 0.3 is 12.1 Å². The SMILES string of the molecule is NC(=O)c1c(-c2ccc(F)c(Cl)c2)nn2c1CN(C(=O)NC1CN(C(=O)O)C1)CC2. The summed E-state index contributed by atoms with van der Waals surface area (Å²) in [6.45, 7) is 1.24. The first-order valence-corrected chi connectivity index (χ1v) is 9.50. The zero-order chi connectivity index (χ0) is 21.6. The van der Waals surface area contributed by atoms with Crippen LogP contribution >= 0.6 is 11.6 Å². The molecule has 0 atom stereocenters. The molecule has 0 bridgehead atoms. The van der Waals surface area contributed by atoms with Gasteiger partial charge in [0, 0.05) is 25.2 Å². The molecular formula is C18H18ClFN6O4. The Labute approximate surface area is 175 Å². The number of amides is 4. The Hall–Kier alpha value is -3.34. The molecule has 1 saturated heterocycles. The van der Waals surface area contributed by atoms with Gasteiger partial charge < -0.3 is 26.0 Å². The van der Waals surface area contributed by atoms with E-state index >= 15 is 0 Å². The first-order valence-electron chi connectivity index (χ1n) is 9.12. The molecule has 2 aliphatic rings. The highest BCUT2D eigenvalue weighted by atomic mass is 35.5. The van der Waals surface area contributed by atoms with Crippen molar-refractivity contribution in [1.82, 2.24) is 24.9 Å². The monoisotopic (exact) mass is 436 g/mol. The van der Waals surface area contributed by atoms with Crippen LogP contribution in [0.3, 0.4) is 0 Å². The van der Waals surface area contributed by atoms with Crippen LogP contribution in [-0.2, 0) is 13.1 Å². The highest BCUT2D eigenvalue weighted by Crippen LogP contribution is 2.30. The quantitative estimate of drug-likeness (QED) is 0.667. The molecule has 4 rings (SSSR count). The van der Waals surface area contributed by atoms with Gasteiger partial charge in [-0.1, -0.05) is 11.6 Å². The van der Waals surface area contributed by atoms with E-state index in [0.717, 1.165) is 0 Å². The first kappa shape index (κ1) is 20.0. The number of carbonyl (C=O) groups is 3. The van der Waals surface area contributed by atoms with Crippen molar-refractivity contribution in [2.75, 3.05) is 19.6 Å². The van der Waals surface area contributed by atoms with Crippen LogP contribution in [-0.4, -0.2) is 68.4 Å². The predicted molar refractivity (Wildman–Crippen MR) is 103 cm³/mol. The van der Waals surface area contributed by atoms with Crippen molar-refractivity contribution >= 4 is 29.6 Å². The standard InChI is InChI=1S/C18H18ClFN6O4/c19-11-5-9(1-2-12(11)20)15-14(16(21)27)13-8-24(3-4-26(13)23-15)17(28)22-10-6-25(7-10)18(29)30/h1-2,5,10H,3-4,6-8H2,(H2,21,27)(H,22,28)(H,29,30). The number of rotatable bonds is 3. The molecular weight excluding hydrogens is 419 g/mol. The van der Waals surface area contributed by atoms with Crippen LogP contribution in [0.2, 0.25) is 5.02 Å². The van der Waals surface area contributed by atoms with Crippen LogP contribution in [0.5, 0.6) is 0 Å². The molecule has 1 fully saturated rings. The lowest BCUT2D eigenvalue weighted by Gasteiger charge is -2.39. The second kappa shape index (κ2) is 7.48. The van der Waals surface area contributed by atoms with Gasteiger partial charge in [-0.3, -0.25) is 9.48 Å². The maximum absolute atomic E-state index is 13.5. The fourth-order valence-corrected chi connectivity index (χ4v) is 3.77. The Balaban J connectivity index is 1.55. The van der Waals surface area contributed by atoms with Crippen molar-refractivity contribution < 1.29 is 23.9 Å². The number of nitrogens with zero attached hydrogens (tertiary/aromatic N) is 4. The number of hydrogen-bond acceptors (Lipinski definition) is 4. The van der Waals surface area contributed by atoms with Crippen LogP contribution in [0.25, 0.3) is 11.3 Å². The number of carboxylic acid groups (broad SMARTS) is 1. The third kappa shape index (κ3) is 3.52. The molecule has 0 saturated carbocycles. The zero-order valence-corrected chi connectivity index (χ0v) is 16.4. The molecule has 0 radical (unpaired) electrons. The highest BCUT2D eigenvalue weighted by molar-refractivity contribution is 6.31. The van der Waals surface area contributed by atoms with Crippen molar-refractivity contribution in [3.05, 3.63) is 40.3 Å². The predicted octanol–water partition coefficient (Wildman–Crippen LogP) is 1.33. The van der Waals surface area contributed by atoms with E-state index in [1.807, 2.05) is 0 Å². The lowest BCUT2D eigenvalue weighted by molar-refractivity contribution is 0.0935. The third-order valence-corrected chi connectivity index (χ3v) is 5.48. The molecule has 0 spiro atoms. The van der Waals surface area contributed by atoms with Gasteiger partial charge in [0.05, 0.1) is 35.4 Å². The van der Waals surface area contributed by atoms with E-state index in [1.165, 1.54) is 28.0 Å². The molecule has 0 unspecified atom stereocenters. The number of fused-ring (bicyclic) bond motifs is 1. The number of halogens is 2. The molecule has 30 heavy (non-hydrogen) atoms. The van der Waals surface area contributed by atoms with E-state index < -0.39 is 17.8 Å². The van der Waals surface area contributed by atoms with Crippen LogP contribution in [0, 0.1) is 5.82 Å². The van der Waals surface area contributed by atoms with Gasteiger partial charge in [0.1, 0.15) is 11.5 Å². The van der Waals surface area contributed by atoms with Crippen LogP contribution in [0.1, 0.15) is 16.1 Å². The number of nitrogens with one attached hydrogen (secondary N) is 1. The lowest BCUT2D eigenvalue weighted by Crippen LogP contribution is -2.62. The minimum Gasteiger partial charge on any atom is -0.465 e. The van der Waals surface area contributed by atoms with Gasteiger partial charge in [0.15, 0.2) is 0 Å². The van der Waals surface area contributed by atoms with Crippen molar-refractivity contribution in [3.8, 4) is 11.3 Å². The second-order valence-electron chi connectivity index (χ2n) is 7.14. The number of primary amides is 1. The van der Waals surface area contributed by atoms with Gasteiger partial charge in [-0.25, -0.2) is 14.0 Å². The van der Waals surface area contributed by atoms with E-state index in [-0.39, 0.29) is 48.0 Å². The van der Waals surface area contributed by atoms with Gasteiger partial charge in [0.2, 0.25) is 0 Å². The van der Waals surface area contributed by atoms with E-state index in [2.05, 4.69) is 10.4 Å². The average Bonchev–Trinajstić information content (AvgIpc) is 3.04. The summed E-state index contributed by atoms with van der Waals surface area (Å²) in [5, 5.41) is 16.0. The van der Waals surface area contributed by atoms with E-state index in [9.17, 15) is 18.8 Å². The fourth-order valence-electron chi connectivity index (χ4n) is 3.59. The molecule has 2 aliphatic heterocycles. The first-order chi connectivity index (χ1) is 14.2. The molecule has 1 aromatic carbocycles. The van der Waals surface area contributed by atoms with E-state index in [0.29, 0.717) is 24.3 Å². The fraction of sp³-hybridized carbons (Fsp3) is 0.333. The third-order valence-electron chi connectivity index (χ3n) is 5.19. The highest BCUT2D eigenvalue weighted by Gasteiger charge is 2.34. The minimum atomic E-state index is -1.03. The van der Waals surface area contributed by atoms with Crippen molar-refractivity contribution in [3.63, 3.8) is 0 Å². The van der Waals surface area contributed by atoms with Crippen LogP contribution < -0.4 is 11.1 Å². The van der Waals surface area contributed by atoms with E-state index in [1.54, 1.807) is 4.68 Å². The van der Waals surface area contributed by atoms with Crippen molar-refractivity contribution in [2.24, 2.45) is 5.73 Å². The zero-order valence-electron chi connectivity index (χ0n) is 15.6. The van der Waals surface area contributed by atoms with E-state index in [4.69, 9.17) is 22.4 Å². The summed E-state index contributed by atoms with van der Waals surface area (Å²) in [7, 11) is 0. The van der Waals surface area contributed by atoms with Crippen molar-refractivity contribution in [1.29, 1.82) is 0 Å². The molecule has 3 heterocycles. The Kier molecular flexibility index (Phi) is 4.98. The molecule has 158 valence electrons. The molecule has 4 amide bonds. The Morgan fingerprint density at radius 2 is 1.97 bits per heavy atom. The number of nitrogens with two attached hydrogens (primary N) is 1. The van der Waals surface area contributed by atoms with Crippen LogP contribution in [0.15, 0.2) is 18.2 Å². The Bertz CT molecular complexity index is 1050. The number of likely N-dealkylation sites (tertiary alicyclic amines) is 1. The van der Waals surface area contributed by atoms with Gasteiger partial charge in [-0.05, 0) is 18.2 Å². The summed E-state index contributed by atoms with van der Waals surface area (Å²) in [5.41, 5.74) is 6.92. The van der Waals surface area contributed by atoms with Gasteiger partial charge in [-0.2, -0.15) is 5.10 Å². The van der Waals surface area contributed by atoms with Crippen molar-refractivity contribution in [2.45, 2.75) is 19.1 Å². The molecule has 2 aromatic rings. The summed E-state index contributed by atoms with van der Waals surface area (Å²) in [6, 6.07) is 3.39.